The van der Waals surface area contributed by atoms with Crippen molar-refractivity contribution in [3.8, 4) is 0 Å². The maximum atomic E-state index is 3.51. The molecule has 0 amide bonds. The quantitative estimate of drug-likeness (QED) is 0.883. The van der Waals surface area contributed by atoms with Crippen molar-refractivity contribution in [2.45, 2.75) is 13.0 Å². The number of hydrogen-bond acceptors (Lipinski definition) is 2. The summed E-state index contributed by atoms with van der Waals surface area (Å²) in [6, 6.07) is 20.0. The number of piperazine rings is 1. The van der Waals surface area contributed by atoms with E-state index < -0.39 is 0 Å². The summed E-state index contributed by atoms with van der Waals surface area (Å²) in [5.41, 5.74) is 4.04. The van der Waals surface area contributed by atoms with E-state index in [-0.39, 0.29) is 0 Å². The van der Waals surface area contributed by atoms with Gasteiger partial charge < -0.3 is 10.2 Å². The van der Waals surface area contributed by atoms with Gasteiger partial charge in [-0.2, -0.15) is 0 Å². The minimum atomic E-state index is 0.428. The van der Waals surface area contributed by atoms with Gasteiger partial charge in [0, 0.05) is 25.3 Å². The second-order valence-electron chi connectivity index (χ2n) is 5.16. The average Bonchev–Trinajstić information content (AvgIpc) is 2.48. The maximum absolute atomic E-state index is 3.51. The Bertz CT molecular complexity index is 536. The van der Waals surface area contributed by atoms with Gasteiger partial charge in [-0.3, -0.25) is 0 Å². The van der Waals surface area contributed by atoms with Crippen LogP contribution in [0.2, 0.25) is 0 Å². The first-order valence-corrected chi connectivity index (χ1v) is 6.93. The predicted octanol–water partition coefficient (Wildman–Crippen LogP) is 3.15. The first-order valence-electron chi connectivity index (χ1n) is 6.93. The largest absolute Gasteiger partial charge is 0.362 e. The summed E-state index contributed by atoms with van der Waals surface area (Å²) in [7, 11) is 0. The minimum Gasteiger partial charge on any atom is -0.362 e. The van der Waals surface area contributed by atoms with Gasteiger partial charge in [0.2, 0.25) is 0 Å². The molecule has 0 spiro atoms. The SMILES string of the molecule is Cc1cccc(N2CCNCC2c2ccccc2)c1. The van der Waals surface area contributed by atoms with E-state index in [1.165, 1.54) is 16.8 Å². The molecule has 2 heteroatoms. The van der Waals surface area contributed by atoms with E-state index in [0.717, 1.165) is 19.6 Å². The van der Waals surface area contributed by atoms with Crippen molar-refractivity contribution < 1.29 is 0 Å². The summed E-state index contributed by atoms with van der Waals surface area (Å²) in [6.07, 6.45) is 0. The molecule has 1 heterocycles. The molecule has 1 aliphatic heterocycles. The first-order chi connectivity index (χ1) is 9.34. The summed E-state index contributed by atoms with van der Waals surface area (Å²) >= 11 is 0. The number of hydrogen-bond donors (Lipinski definition) is 1. The summed E-state index contributed by atoms with van der Waals surface area (Å²) in [4.78, 5) is 2.51. The second-order valence-corrected chi connectivity index (χ2v) is 5.16. The lowest BCUT2D eigenvalue weighted by atomic mass is 10.0. The molecular weight excluding hydrogens is 232 g/mol. The van der Waals surface area contributed by atoms with Gasteiger partial charge in [-0.1, -0.05) is 42.5 Å². The Morgan fingerprint density at radius 1 is 1.05 bits per heavy atom. The molecule has 1 saturated heterocycles. The van der Waals surface area contributed by atoms with Crippen LogP contribution in [0.25, 0.3) is 0 Å². The Hall–Kier alpha value is -1.80. The lowest BCUT2D eigenvalue weighted by molar-refractivity contribution is 0.490. The van der Waals surface area contributed by atoms with Gasteiger partial charge in [-0.25, -0.2) is 0 Å². The van der Waals surface area contributed by atoms with Gasteiger partial charge in [0.25, 0.3) is 0 Å². The Balaban J connectivity index is 1.93. The minimum absolute atomic E-state index is 0.428. The molecule has 0 saturated carbocycles. The molecule has 1 N–H and O–H groups in total. The highest BCUT2D eigenvalue weighted by Gasteiger charge is 2.23. The molecule has 2 nitrogen and oxygen atoms in total. The highest BCUT2D eigenvalue weighted by Crippen LogP contribution is 2.28. The molecule has 19 heavy (non-hydrogen) atoms. The molecule has 3 rings (SSSR count). The summed E-state index contributed by atoms with van der Waals surface area (Å²) in [5.74, 6) is 0. The Morgan fingerprint density at radius 2 is 1.89 bits per heavy atom. The van der Waals surface area contributed by atoms with Crippen LogP contribution in [0.15, 0.2) is 54.6 Å². The molecule has 1 atom stereocenters. The molecule has 98 valence electrons. The van der Waals surface area contributed by atoms with Crippen molar-refractivity contribution in [2.24, 2.45) is 0 Å². The third kappa shape index (κ3) is 2.64. The van der Waals surface area contributed by atoms with Gasteiger partial charge in [-0.15, -0.1) is 0 Å². The van der Waals surface area contributed by atoms with Crippen molar-refractivity contribution in [3.05, 3.63) is 65.7 Å². The molecule has 2 aromatic rings. The summed E-state index contributed by atoms with van der Waals surface area (Å²) < 4.78 is 0. The number of rotatable bonds is 2. The molecule has 1 aliphatic rings. The second kappa shape index (κ2) is 5.45. The van der Waals surface area contributed by atoms with E-state index in [1.54, 1.807) is 0 Å². The average molecular weight is 252 g/mol. The fraction of sp³-hybridized carbons (Fsp3) is 0.294. The lowest BCUT2D eigenvalue weighted by Gasteiger charge is -2.38. The molecule has 0 radical (unpaired) electrons. The number of aryl methyl sites for hydroxylation is 1. The fourth-order valence-corrected chi connectivity index (χ4v) is 2.79. The van der Waals surface area contributed by atoms with Crippen molar-refractivity contribution >= 4 is 5.69 Å². The van der Waals surface area contributed by atoms with E-state index in [2.05, 4.69) is 71.7 Å². The Labute approximate surface area is 115 Å². The van der Waals surface area contributed by atoms with Crippen LogP contribution in [0.1, 0.15) is 17.2 Å². The zero-order chi connectivity index (χ0) is 13.1. The molecule has 0 aromatic heterocycles. The summed E-state index contributed by atoms with van der Waals surface area (Å²) in [6.45, 7) is 5.28. The molecule has 2 aromatic carbocycles. The molecule has 1 fully saturated rings. The van der Waals surface area contributed by atoms with E-state index in [1.807, 2.05) is 0 Å². The number of nitrogens with one attached hydrogen (secondary N) is 1. The van der Waals surface area contributed by atoms with Crippen molar-refractivity contribution in [3.63, 3.8) is 0 Å². The number of benzene rings is 2. The van der Waals surface area contributed by atoms with E-state index >= 15 is 0 Å². The normalized spacial score (nSPS) is 19.4. The topological polar surface area (TPSA) is 15.3 Å². The maximum Gasteiger partial charge on any atom is 0.0667 e. The van der Waals surface area contributed by atoms with Crippen molar-refractivity contribution in [2.75, 3.05) is 24.5 Å². The third-order valence-corrected chi connectivity index (χ3v) is 3.76. The molecule has 0 aliphatic carbocycles. The van der Waals surface area contributed by atoms with Crippen LogP contribution in [0.4, 0.5) is 5.69 Å². The van der Waals surface area contributed by atoms with Crippen LogP contribution in [0.5, 0.6) is 0 Å². The standard InChI is InChI=1S/C17H20N2/c1-14-6-5-9-16(12-14)19-11-10-18-13-17(19)15-7-3-2-4-8-15/h2-9,12,17-18H,10-11,13H2,1H3. The van der Waals surface area contributed by atoms with E-state index in [9.17, 15) is 0 Å². The van der Waals surface area contributed by atoms with E-state index in [0.29, 0.717) is 6.04 Å². The monoisotopic (exact) mass is 252 g/mol. The zero-order valence-electron chi connectivity index (χ0n) is 11.3. The third-order valence-electron chi connectivity index (χ3n) is 3.76. The van der Waals surface area contributed by atoms with Gasteiger partial charge in [0.05, 0.1) is 6.04 Å². The first kappa shape index (κ1) is 12.2. The van der Waals surface area contributed by atoms with Gasteiger partial charge >= 0.3 is 0 Å². The van der Waals surface area contributed by atoms with E-state index in [4.69, 9.17) is 0 Å². The van der Waals surface area contributed by atoms with Gasteiger partial charge in [0.15, 0.2) is 0 Å². The smallest absolute Gasteiger partial charge is 0.0667 e. The Kier molecular flexibility index (Phi) is 3.51. The molecule has 1 unspecified atom stereocenters. The van der Waals surface area contributed by atoms with Crippen molar-refractivity contribution in [1.82, 2.24) is 5.32 Å². The Morgan fingerprint density at radius 3 is 2.68 bits per heavy atom. The van der Waals surface area contributed by atoms with Gasteiger partial charge in [-0.05, 0) is 30.2 Å². The summed E-state index contributed by atoms with van der Waals surface area (Å²) in [5, 5.41) is 3.51. The number of nitrogens with zero attached hydrogens (tertiary/aromatic N) is 1. The van der Waals surface area contributed by atoms with Crippen molar-refractivity contribution in [1.29, 1.82) is 0 Å². The predicted molar refractivity (Wildman–Crippen MR) is 80.6 cm³/mol. The van der Waals surface area contributed by atoms with Crippen LogP contribution < -0.4 is 10.2 Å². The molecular formula is C17H20N2. The highest BCUT2D eigenvalue weighted by atomic mass is 15.2. The van der Waals surface area contributed by atoms with Crippen LogP contribution >= 0.6 is 0 Å². The van der Waals surface area contributed by atoms with Crippen LogP contribution in [0, 0.1) is 6.92 Å². The lowest BCUT2D eigenvalue weighted by Crippen LogP contribution is -2.46. The zero-order valence-corrected chi connectivity index (χ0v) is 11.3. The van der Waals surface area contributed by atoms with Crippen LogP contribution in [-0.2, 0) is 0 Å². The fourth-order valence-electron chi connectivity index (χ4n) is 2.79. The van der Waals surface area contributed by atoms with Crippen LogP contribution in [0.3, 0.4) is 0 Å². The molecule has 0 bridgehead atoms. The van der Waals surface area contributed by atoms with Crippen LogP contribution in [-0.4, -0.2) is 19.6 Å². The highest BCUT2D eigenvalue weighted by molar-refractivity contribution is 5.51. The number of anilines is 1. The van der Waals surface area contributed by atoms with Gasteiger partial charge in [0.1, 0.15) is 0 Å².